The van der Waals surface area contributed by atoms with Gasteiger partial charge in [-0.3, -0.25) is 4.57 Å². The number of rotatable bonds is 2. The van der Waals surface area contributed by atoms with E-state index in [-0.39, 0.29) is 5.69 Å². The van der Waals surface area contributed by atoms with Crippen LogP contribution in [-0.2, 0) is 6.54 Å². The Labute approximate surface area is 110 Å². The van der Waals surface area contributed by atoms with Gasteiger partial charge >= 0.3 is 5.69 Å². The van der Waals surface area contributed by atoms with E-state index in [4.69, 9.17) is 5.73 Å². The molecule has 0 saturated heterocycles. The van der Waals surface area contributed by atoms with Gasteiger partial charge in [-0.05, 0) is 30.7 Å². The van der Waals surface area contributed by atoms with Crippen LogP contribution in [0.2, 0.25) is 0 Å². The molecule has 1 aromatic heterocycles. The predicted molar refractivity (Wildman–Crippen MR) is 77.3 cm³/mol. The summed E-state index contributed by atoms with van der Waals surface area (Å²) in [6, 6.07) is 13.6. The number of nitrogen functional groups attached to an aromatic ring is 1. The third kappa shape index (κ3) is 2.12. The Kier molecular flexibility index (Phi) is 2.63. The molecule has 4 heteroatoms. The largest absolute Gasteiger partial charge is 0.399 e. The Morgan fingerprint density at radius 2 is 1.89 bits per heavy atom. The molecule has 0 bridgehead atoms. The second-order valence-corrected chi connectivity index (χ2v) is 4.78. The summed E-state index contributed by atoms with van der Waals surface area (Å²) in [7, 11) is 0. The van der Waals surface area contributed by atoms with Crippen molar-refractivity contribution in [3.8, 4) is 0 Å². The second kappa shape index (κ2) is 4.31. The molecule has 0 aliphatic rings. The zero-order valence-electron chi connectivity index (χ0n) is 10.7. The van der Waals surface area contributed by atoms with Crippen molar-refractivity contribution >= 4 is 16.7 Å². The highest BCUT2D eigenvalue weighted by Gasteiger charge is 2.07. The predicted octanol–water partition coefficient (Wildman–Crippen LogP) is 2.27. The number of anilines is 1. The summed E-state index contributed by atoms with van der Waals surface area (Å²) in [6.07, 6.45) is 0. The maximum atomic E-state index is 12.0. The quantitative estimate of drug-likeness (QED) is 0.688. The number of aromatic amines is 1. The second-order valence-electron chi connectivity index (χ2n) is 4.78. The van der Waals surface area contributed by atoms with Gasteiger partial charge in [0.1, 0.15) is 0 Å². The van der Waals surface area contributed by atoms with E-state index in [1.807, 2.05) is 37.3 Å². The molecular weight excluding hydrogens is 238 g/mol. The Balaban J connectivity index is 2.07. The number of nitrogens with two attached hydrogens (primary N) is 1. The topological polar surface area (TPSA) is 63.8 Å². The van der Waals surface area contributed by atoms with Crippen LogP contribution in [0.3, 0.4) is 0 Å². The molecule has 0 unspecified atom stereocenters. The number of H-pyrrole nitrogens is 1. The van der Waals surface area contributed by atoms with Crippen LogP contribution in [0.25, 0.3) is 11.0 Å². The molecule has 19 heavy (non-hydrogen) atoms. The van der Waals surface area contributed by atoms with E-state index in [1.165, 1.54) is 5.56 Å². The minimum atomic E-state index is -0.110. The van der Waals surface area contributed by atoms with Crippen LogP contribution in [0.1, 0.15) is 11.1 Å². The first kappa shape index (κ1) is 11.6. The van der Waals surface area contributed by atoms with Crippen LogP contribution in [0, 0.1) is 6.92 Å². The van der Waals surface area contributed by atoms with Crippen LogP contribution in [0.5, 0.6) is 0 Å². The number of aryl methyl sites for hydroxylation is 1. The molecular formula is C15H15N3O. The number of aromatic nitrogens is 2. The Morgan fingerprint density at radius 1 is 1.16 bits per heavy atom. The van der Waals surface area contributed by atoms with Gasteiger partial charge in [-0.15, -0.1) is 0 Å². The van der Waals surface area contributed by atoms with Crippen LogP contribution < -0.4 is 11.4 Å². The average molecular weight is 253 g/mol. The summed E-state index contributed by atoms with van der Waals surface area (Å²) in [5.74, 6) is 0. The zero-order valence-corrected chi connectivity index (χ0v) is 10.7. The van der Waals surface area contributed by atoms with Gasteiger partial charge in [0, 0.05) is 5.69 Å². The molecule has 4 nitrogen and oxygen atoms in total. The molecule has 0 fully saturated rings. The molecule has 3 aromatic rings. The standard InChI is InChI=1S/C15H15N3O/c1-10-2-4-11(5-3-10)9-18-14-7-6-12(16)8-13(14)17-15(18)19/h2-8H,9,16H2,1H3,(H,17,19). The van der Waals surface area contributed by atoms with Gasteiger partial charge in [0.25, 0.3) is 0 Å². The molecule has 0 aliphatic carbocycles. The van der Waals surface area contributed by atoms with Crippen molar-refractivity contribution in [1.29, 1.82) is 0 Å². The Hall–Kier alpha value is -2.49. The molecule has 0 atom stereocenters. The molecule has 2 aromatic carbocycles. The van der Waals surface area contributed by atoms with Crippen LogP contribution in [0.4, 0.5) is 5.69 Å². The molecule has 1 heterocycles. The number of nitrogens with zero attached hydrogens (tertiary/aromatic N) is 1. The maximum Gasteiger partial charge on any atom is 0.326 e. The number of nitrogens with one attached hydrogen (secondary N) is 1. The number of benzene rings is 2. The fraction of sp³-hybridized carbons (Fsp3) is 0.133. The minimum Gasteiger partial charge on any atom is -0.399 e. The van der Waals surface area contributed by atoms with Crippen molar-refractivity contribution in [2.24, 2.45) is 0 Å². The summed E-state index contributed by atoms with van der Waals surface area (Å²) in [4.78, 5) is 14.8. The number of fused-ring (bicyclic) bond motifs is 1. The smallest absolute Gasteiger partial charge is 0.326 e. The average Bonchev–Trinajstić information content (AvgIpc) is 2.68. The van der Waals surface area contributed by atoms with Gasteiger partial charge in [0.2, 0.25) is 0 Å². The molecule has 96 valence electrons. The minimum absolute atomic E-state index is 0.110. The summed E-state index contributed by atoms with van der Waals surface area (Å²) >= 11 is 0. The van der Waals surface area contributed by atoms with E-state index in [0.29, 0.717) is 12.2 Å². The highest BCUT2D eigenvalue weighted by Crippen LogP contribution is 2.15. The van der Waals surface area contributed by atoms with Crippen LogP contribution in [0.15, 0.2) is 47.3 Å². The molecule has 0 amide bonds. The van der Waals surface area contributed by atoms with Gasteiger partial charge in [-0.25, -0.2) is 4.79 Å². The lowest BCUT2D eigenvalue weighted by molar-refractivity contribution is 0.786. The van der Waals surface area contributed by atoms with E-state index in [1.54, 1.807) is 16.7 Å². The van der Waals surface area contributed by atoms with Gasteiger partial charge in [-0.1, -0.05) is 29.8 Å². The molecule has 0 aliphatic heterocycles. The highest BCUT2D eigenvalue weighted by atomic mass is 16.1. The molecule has 3 rings (SSSR count). The first-order chi connectivity index (χ1) is 9.13. The zero-order chi connectivity index (χ0) is 13.4. The third-order valence-electron chi connectivity index (χ3n) is 3.26. The SMILES string of the molecule is Cc1ccc(Cn2c(=O)[nH]c3cc(N)ccc32)cc1. The summed E-state index contributed by atoms with van der Waals surface area (Å²) in [5, 5.41) is 0. The molecule has 3 N–H and O–H groups in total. The van der Waals surface area contributed by atoms with Crippen molar-refractivity contribution in [3.05, 3.63) is 64.1 Å². The highest BCUT2D eigenvalue weighted by molar-refractivity contribution is 5.79. The third-order valence-corrected chi connectivity index (χ3v) is 3.26. The Morgan fingerprint density at radius 3 is 2.63 bits per heavy atom. The van der Waals surface area contributed by atoms with Crippen molar-refractivity contribution in [2.75, 3.05) is 5.73 Å². The van der Waals surface area contributed by atoms with Crippen LogP contribution in [-0.4, -0.2) is 9.55 Å². The van der Waals surface area contributed by atoms with Gasteiger partial charge in [-0.2, -0.15) is 0 Å². The van der Waals surface area contributed by atoms with E-state index in [9.17, 15) is 4.79 Å². The number of imidazole rings is 1. The van der Waals surface area contributed by atoms with Gasteiger partial charge < -0.3 is 10.7 Å². The van der Waals surface area contributed by atoms with Gasteiger partial charge in [0.15, 0.2) is 0 Å². The molecule has 0 radical (unpaired) electrons. The van der Waals surface area contributed by atoms with E-state index >= 15 is 0 Å². The maximum absolute atomic E-state index is 12.0. The first-order valence-corrected chi connectivity index (χ1v) is 6.17. The number of hydrogen-bond donors (Lipinski definition) is 2. The number of hydrogen-bond acceptors (Lipinski definition) is 2. The van der Waals surface area contributed by atoms with E-state index < -0.39 is 0 Å². The lowest BCUT2D eigenvalue weighted by atomic mass is 10.1. The van der Waals surface area contributed by atoms with Gasteiger partial charge in [0.05, 0.1) is 17.6 Å². The summed E-state index contributed by atoms with van der Waals surface area (Å²) < 4.78 is 1.72. The van der Waals surface area contributed by atoms with E-state index in [0.717, 1.165) is 16.6 Å². The lowest BCUT2D eigenvalue weighted by Crippen LogP contribution is -2.17. The molecule has 0 spiro atoms. The first-order valence-electron chi connectivity index (χ1n) is 6.17. The van der Waals surface area contributed by atoms with Crippen molar-refractivity contribution in [1.82, 2.24) is 9.55 Å². The fourth-order valence-electron chi connectivity index (χ4n) is 2.21. The van der Waals surface area contributed by atoms with Crippen LogP contribution >= 0.6 is 0 Å². The summed E-state index contributed by atoms with van der Waals surface area (Å²) in [6.45, 7) is 2.60. The van der Waals surface area contributed by atoms with Crippen molar-refractivity contribution in [2.45, 2.75) is 13.5 Å². The monoisotopic (exact) mass is 253 g/mol. The summed E-state index contributed by atoms with van der Waals surface area (Å²) in [5.41, 5.74) is 10.2. The fourth-order valence-corrected chi connectivity index (χ4v) is 2.21. The molecule has 0 saturated carbocycles. The Bertz CT molecular complexity index is 781. The normalized spacial score (nSPS) is 11.0. The van der Waals surface area contributed by atoms with Crippen molar-refractivity contribution < 1.29 is 0 Å². The lowest BCUT2D eigenvalue weighted by Gasteiger charge is -2.04. The van der Waals surface area contributed by atoms with E-state index in [2.05, 4.69) is 4.98 Å². The van der Waals surface area contributed by atoms with Crippen molar-refractivity contribution in [3.63, 3.8) is 0 Å².